The zero-order valence-electron chi connectivity index (χ0n) is 13.4. The van der Waals surface area contributed by atoms with Crippen molar-refractivity contribution in [2.75, 3.05) is 25.3 Å². The third-order valence-electron chi connectivity index (χ3n) is 3.32. The van der Waals surface area contributed by atoms with Crippen LogP contribution in [0.25, 0.3) is 5.69 Å². The lowest BCUT2D eigenvalue weighted by Crippen LogP contribution is -2.12. The summed E-state index contributed by atoms with van der Waals surface area (Å²) in [5.41, 5.74) is 7.10. The van der Waals surface area contributed by atoms with E-state index in [0.29, 0.717) is 17.1 Å². The Morgan fingerprint density at radius 3 is 2.58 bits per heavy atom. The molecule has 1 heterocycles. The van der Waals surface area contributed by atoms with Crippen molar-refractivity contribution < 1.29 is 19.1 Å². The fourth-order valence-corrected chi connectivity index (χ4v) is 2.24. The fraction of sp³-hybridized carbons (Fsp3) is 0.188. The molecule has 0 aliphatic heterocycles. The molecule has 8 heteroatoms. The number of aromatic nitrogens is 1. The Labute approximate surface area is 138 Å². The maximum absolute atomic E-state index is 12.0. The predicted molar refractivity (Wildman–Crippen MR) is 87.1 cm³/mol. The summed E-state index contributed by atoms with van der Waals surface area (Å²) in [5, 5.41) is 11.8. The van der Waals surface area contributed by atoms with Crippen molar-refractivity contribution in [1.29, 1.82) is 5.26 Å². The van der Waals surface area contributed by atoms with Crippen LogP contribution in [0.3, 0.4) is 0 Å². The van der Waals surface area contributed by atoms with Gasteiger partial charge in [0.05, 0.1) is 31.2 Å². The molecule has 1 amide bonds. The van der Waals surface area contributed by atoms with Crippen LogP contribution in [0.5, 0.6) is 5.75 Å². The first-order valence-corrected chi connectivity index (χ1v) is 6.88. The smallest absolute Gasteiger partial charge is 0.357 e. The molecular weight excluding hydrogens is 312 g/mol. The van der Waals surface area contributed by atoms with Gasteiger partial charge in [-0.15, -0.1) is 0 Å². The molecule has 8 nitrogen and oxygen atoms in total. The fourth-order valence-electron chi connectivity index (χ4n) is 2.24. The standard InChI is InChI=1S/C16H16N4O4/c1-9(21)19-12-5-4-11(6-13(12)23-2)20-8-10(7-17)14(18)15(20)16(22)24-3/h4-6,8H,18H2,1-3H3,(H,19,21). The summed E-state index contributed by atoms with van der Waals surface area (Å²) in [7, 11) is 2.68. The number of nitrogens with one attached hydrogen (secondary N) is 1. The van der Waals surface area contributed by atoms with E-state index in [9.17, 15) is 9.59 Å². The third kappa shape index (κ3) is 3.01. The maximum Gasteiger partial charge on any atom is 0.357 e. The molecule has 2 aromatic rings. The van der Waals surface area contributed by atoms with Crippen molar-refractivity contribution in [3.05, 3.63) is 35.7 Å². The van der Waals surface area contributed by atoms with E-state index in [2.05, 4.69) is 5.32 Å². The van der Waals surface area contributed by atoms with Gasteiger partial charge in [0.2, 0.25) is 5.91 Å². The van der Waals surface area contributed by atoms with E-state index in [1.54, 1.807) is 18.2 Å². The van der Waals surface area contributed by atoms with Gasteiger partial charge < -0.3 is 25.1 Å². The minimum Gasteiger partial charge on any atom is -0.494 e. The number of amides is 1. The number of rotatable bonds is 4. The number of methoxy groups -OCH3 is 2. The Morgan fingerprint density at radius 1 is 1.33 bits per heavy atom. The van der Waals surface area contributed by atoms with Gasteiger partial charge in [0.1, 0.15) is 11.8 Å². The van der Waals surface area contributed by atoms with Crippen LogP contribution in [-0.2, 0) is 9.53 Å². The Morgan fingerprint density at radius 2 is 2.04 bits per heavy atom. The Balaban J connectivity index is 2.62. The van der Waals surface area contributed by atoms with Crippen LogP contribution in [0.4, 0.5) is 11.4 Å². The second-order valence-corrected chi connectivity index (χ2v) is 4.84. The molecular formula is C16H16N4O4. The van der Waals surface area contributed by atoms with Gasteiger partial charge in [0.15, 0.2) is 5.69 Å². The van der Waals surface area contributed by atoms with E-state index < -0.39 is 5.97 Å². The second-order valence-electron chi connectivity index (χ2n) is 4.84. The summed E-state index contributed by atoms with van der Waals surface area (Å²) < 4.78 is 11.4. The van der Waals surface area contributed by atoms with E-state index >= 15 is 0 Å². The number of nitriles is 1. The molecule has 0 aliphatic rings. The summed E-state index contributed by atoms with van der Waals surface area (Å²) in [6.07, 6.45) is 1.44. The summed E-state index contributed by atoms with van der Waals surface area (Å²) >= 11 is 0. The average molecular weight is 328 g/mol. The van der Waals surface area contributed by atoms with Crippen LogP contribution in [0.15, 0.2) is 24.4 Å². The van der Waals surface area contributed by atoms with Gasteiger partial charge in [-0.25, -0.2) is 4.79 Å². The SMILES string of the molecule is COC(=O)c1c(N)c(C#N)cn1-c1ccc(NC(C)=O)c(OC)c1. The highest BCUT2D eigenvalue weighted by Gasteiger charge is 2.22. The lowest BCUT2D eigenvalue weighted by molar-refractivity contribution is -0.114. The zero-order valence-corrected chi connectivity index (χ0v) is 13.4. The molecule has 0 saturated heterocycles. The van der Waals surface area contributed by atoms with Gasteiger partial charge >= 0.3 is 5.97 Å². The minimum absolute atomic E-state index is 0.0363. The number of carbonyl (C=O) groups is 2. The van der Waals surface area contributed by atoms with Crippen LogP contribution < -0.4 is 15.8 Å². The van der Waals surface area contributed by atoms with Crippen LogP contribution in [0, 0.1) is 11.3 Å². The lowest BCUT2D eigenvalue weighted by atomic mass is 10.2. The Bertz CT molecular complexity index is 848. The van der Waals surface area contributed by atoms with Crippen molar-refractivity contribution in [3.63, 3.8) is 0 Å². The number of benzene rings is 1. The summed E-state index contributed by atoms with van der Waals surface area (Å²) in [6.45, 7) is 1.38. The van der Waals surface area contributed by atoms with E-state index in [1.807, 2.05) is 6.07 Å². The average Bonchev–Trinajstić information content (AvgIpc) is 2.90. The highest BCUT2D eigenvalue weighted by atomic mass is 16.5. The van der Waals surface area contributed by atoms with E-state index in [4.69, 9.17) is 20.5 Å². The number of nitrogens with two attached hydrogens (primary N) is 1. The number of carbonyl (C=O) groups excluding carboxylic acids is 2. The maximum atomic E-state index is 12.0. The molecule has 0 fully saturated rings. The molecule has 24 heavy (non-hydrogen) atoms. The van der Waals surface area contributed by atoms with Crippen LogP contribution >= 0.6 is 0 Å². The first-order valence-electron chi connectivity index (χ1n) is 6.88. The van der Waals surface area contributed by atoms with Crippen LogP contribution in [-0.4, -0.2) is 30.7 Å². The van der Waals surface area contributed by atoms with Gasteiger partial charge in [-0.1, -0.05) is 0 Å². The first kappa shape index (κ1) is 16.9. The van der Waals surface area contributed by atoms with Crippen molar-refractivity contribution >= 4 is 23.3 Å². The van der Waals surface area contributed by atoms with Gasteiger partial charge in [-0.3, -0.25) is 4.79 Å². The highest BCUT2D eigenvalue weighted by Crippen LogP contribution is 2.30. The summed E-state index contributed by atoms with van der Waals surface area (Å²) in [4.78, 5) is 23.2. The zero-order chi connectivity index (χ0) is 17.9. The van der Waals surface area contributed by atoms with Crippen molar-refractivity contribution in [1.82, 2.24) is 4.57 Å². The molecule has 2 rings (SSSR count). The van der Waals surface area contributed by atoms with Crippen molar-refractivity contribution in [3.8, 4) is 17.5 Å². The minimum atomic E-state index is -0.668. The lowest BCUT2D eigenvalue weighted by Gasteiger charge is -2.13. The van der Waals surface area contributed by atoms with Gasteiger partial charge in [0.25, 0.3) is 0 Å². The molecule has 0 radical (unpaired) electrons. The topological polar surface area (TPSA) is 119 Å². The predicted octanol–water partition coefficient (Wildman–Crippen LogP) is 1.68. The molecule has 1 aromatic heterocycles. The summed E-state index contributed by atoms with van der Waals surface area (Å²) in [5.74, 6) is -0.517. The number of hydrogen-bond donors (Lipinski definition) is 2. The third-order valence-corrected chi connectivity index (χ3v) is 3.32. The number of hydrogen-bond acceptors (Lipinski definition) is 6. The van der Waals surface area contributed by atoms with Crippen LogP contribution in [0.2, 0.25) is 0 Å². The Kier molecular flexibility index (Phi) is 4.75. The molecule has 0 unspecified atom stereocenters. The van der Waals surface area contributed by atoms with Gasteiger partial charge in [0, 0.05) is 24.9 Å². The normalized spacial score (nSPS) is 9.92. The van der Waals surface area contributed by atoms with E-state index in [1.165, 1.54) is 31.9 Å². The largest absolute Gasteiger partial charge is 0.494 e. The molecule has 0 aliphatic carbocycles. The second kappa shape index (κ2) is 6.75. The number of anilines is 2. The Hall–Kier alpha value is -3.47. The van der Waals surface area contributed by atoms with Gasteiger partial charge in [-0.2, -0.15) is 5.26 Å². The van der Waals surface area contributed by atoms with Crippen LogP contribution in [0.1, 0.15) is 23.0 Å². The molecule has 0 spiro atoms. The van der Waals surface area contributed by atoms with Gasteiger partial charge in [-0.05, 0) is 12.1 Å². The number of nitrogen functional groups attached to an aromatic ring is 1. The highest BCUT2D eigenvalue weighted by molar-refractivity contribution is 5.96. The number of ether oxygens (including phenoxy) is 2. The molecule has 1 aromatic carbocycles. The molecule has 0 saturated carbocycles. The van der Waals surface area contributed by atoms with E-state index in [0.717, 1.165) is 0 Å². The number of nitrogens with zero attached hydrogens (tertiary/aromatic N) is 2. The van der Waals surface area contributed by atoms with Crippen molar-refractivity contribution in [2.45, 2.75) is 6.92 Å². The molecule has 3 N–H and O–H groups in total. The van der Waals surface area contributed by atoms with E-state index in [-0.39, 0.29) is 22.9 Å². The quantitative estimate of drug-likeness (QED) is 0.824. The molecule has 0 bridgehead atoms. The molecule has 0 atom stereocenters. The summed E-state index contributed by atoms with van der Waals surface area (Å²) in [6, 6.07) is 6.82. The number of esters is 1. The molecule has 124 valence electrons. The first-order chi connectivity index (χ1) is 11.4. The monoisotopic (exact) mass is 328 g/mol. The van der Waals surface area contributed by atoms with Crippen molar-refractivity contribution in [2.24, 2.45) is 0 Å².